The zero-order valence-corrected chi connectivity index (χ0v) is 32.2. The molecule has 7 rings (SSSR count). The van der Waals surface area contributed by atoms with Crippen molar-refractivity contribution in [2.75, 3.05) is 19.8 Å². The zero-order chi connectivity index (χ0) is 38.9. The molecule has 0 bridgehead atoms. The molecule has 0 saturated carbocycles. The number of hydrogen-bond acceptors (Lipinski definition) is 9. The summed E-state index contributed by atoms with van der Waals surface area (Å²) in [6, 6.07) is 50.2. The van der Waals surface area contributed by atoms with Gasteiger partial charge < -0.3 is 42.6 Å². The summed E-state index contributed by atoms with van der Waals surface area (Å²) in [6.45, 7) is 6.18. The number of hydrogen-bond donors (Lipinski definition) is 0. The van der Waals surface area contributed by atoms with E-state index in [0.717, 1.165) is 27.8 Å². The Bertz CT molecular complexity index is 1850. The lowest BCUT2D eigenvalue weighted by Gasteiger charge is -2.46. The van der Waals surface area contributed by atoms with Crippen LogP contribution in [0.3, 0.4) is 0 Å². The molecule has 8 atom stereocenters. The van der Waals surface area contributed by atoms with Gasteiger partial charge in [0.1, 0.15) is 36.6 Å². The Kier molecular flexibility index (Phi) is 15.6. The maximum absolute atomic E-state index is 7.12. The van der Waals surface area contributed by atoms with Crippen LogP contribution in [0.1, 0.15) is 27.8 Å². The van der Waals surface area contributed by atoms with Gasteiger partial charge >= 0.3 is 0 Å². The van der Waals surface area contributed by atoms with Crippen LogP contribution in [0.4, 0.5) is 0 Å². The summed E-state index contributed by atoms with van der Waals surface area (Å²) in [6.07, 6.45) is -3.72. The number of rotatable bonds is 20. The van der Waals surface area contributed by atoms with Gasteiger partial charge in [0.2, 0.25) is 0 Å². The molecule has 5 aromatic carbocycles. The second-order valence-electron chi connectivity index (χ2n) is 14.1. The van der Waals surface area contributed by atoms with E-state index >= 15 is 0 Å². The van der Waals surface area contributed by atoms with E-state index in [1.54, 1.807) is 6.08 Å². The molecule has 0 N–H and O–H groups in total. The quantitative estimate of drug-likeness (QED) is 0.0728. The topological polar surface area (TPSA) is 83.1 Å². The lowest BCUT2D eigenvalue weighted by molar-refractivity contribution is -0.353. The molecule has 0 spiro atoms. The van der Waals surface area contributed by atoms with E-state index in [2.05, 4.69) is 6.58 Å². The van der Waals surface area contributed by atoms with Crippen LogP contribution >= 0.6 is 0 Å². The largest absolute Gasteiger partial charge is 0.368 e. The minimum Gasteiger partial charge on any atom is -0.368 e. The van der Waals surface area contributed by atoms with Crippen molar-refractivity contribution >= 4 is 0 Å². The highest BCUT2D eigenvalue weighted by atomic mass is 16.8. The Hall–Kier alpha value is -4.52. The van der Waals surface area contributed by atoms with E-state index in [4.69, 9.17) is 42.6 Å². The molecule has 9 heteroatoms. The van der Waals surface area contributed by atoms with E-state index in [1.165, 1.54) is 0 Å². The Morgan fingerprint density at radius 1 is 0.404 bits per heavy atom. The van der Waals surface area contributed by atoms with E-state index in [-0.39, 0.29) is 19.8 Å². The Morgan fingerprint density at radius 3 is 1.14 bits per heavy atom. The molecule has 2 aliphatic heterocycles. The zero-order valence-electron chi connectivity index (χ0n) is 32.2. The molecule has 5 aromatic rings. The summed E-state index contributed by atoms with van der Waals surface area (Å²) in [5, 5.41) is 0. The minimum absolute atomic E-state index is 0.198. The summed E-state index contributed by atoms with van der Waals surface area (Å²) >= 11 is 0. The highest BCUT2D eigenvalue weighted by Gasteiger charge is 2.50. The third-order valence-electron chi connectivity index (χ3n) is 9.91. The molecule has 0 aromatic heterocycles. The monoisotopic (exact) mass is 772 g/mol. The van der Waals surface area contributed by atoms with Gasteiger partial charge in [0, 0.05) is 0 Å². The summed E-state index contributed by atoms with van der Waals surface area (Å²) in [5.41, 5.74) is 5.09. The highest BCUT2D eigenvalue weighted by Crippen LogP contribution is 2.33. The minimum atomic E-state index is -0.903. The van der Waals surface area contributed by atoms with Crippen molar-refractivity contribution in [3.8, 4) is 0 Å². The maximum atomic E-state index is 7.12. The molecule has 0 amide bonds. The van der Waals surface area contributed by atoms with Crippen molar-refractivity contribution in [3.05, 3.63) is 192 Å². The standard InChI is InChI=1S/C48H52O9/c1-2-28-49-47-46(54-33-40-26-16-7-17-27-40)44(42(35-55-47)51-30-37-20-10-4-11-21-37)57-48-45(53-32-39-24-14-6-15-25-39)43(52-31-38-22-12-5-13-23-38)41(34-56-48)50-29-36-18-8-3-9-19-36/h2-27,41-48H,1,28-35H2/t41-,42-,43+,44+,45-,46-,47+,48?/m1/s1. The van der Waals surface area contributed by atoms with Crippen LogP contribution in [0.5, 0.6) is 0 Å². The molecule has 1 unspecified atom stereocenters. The van der Waals surface area contributed by atoms with Crippen LogP contribution in [-0.2, 0) is 75.7 Å². The van der Waals surface area contributed by atoms with Gasteiger partial charge in [0.25, 0.3) is 0 Å². The molecule has 0 aliphatic carbocycles. The third kappa shape index (κ3) is 12.0. The third-order valence-corrected chi connectivity index (χ3v) is 9.91. The smallest absolute Gasteiger partial charge is 0.187 e. The van der Waals surface area contributed by atoms with E-state index in [1.807, 2.05) is 152 Å². The van der Waals surface area contributed by atoms with E-state index in [0.29, 0.717) is 33.0 Å². The van der Waals surface area contributed by atoms with Crippen molar-refractivity contribution in [2.45, 2.75) is 82.2 Å². The first-order chi connectivity index (χ1) is 28.2. The molecule has 9 nitrogen and oxygen atoms in total. The van der Waals surface area contributed by atoms with Gasteiger partial charge in [0.15, 0.2) is 12.6 Å². The Labute approximate surface area is 336 Å². The fourth-order valence-electron chi connectivity index (χ4n) is 6.92. The van der Waals surface area contributed by atoms with Gasteiger partial charge in [-0.2, -0.15) is 0 Å². The molecule has 0 radical (unpaired) electrons. The molecule has 57 heavy (non-hydrogen) atoms. The van der Waals surface area contributed by atoms with Crippen molar-refractivity contribution in [3.63, 3.8) is 0 Å². The van der Waals surface area contributed by atoms with Crippen LogP contribution < -0.4 is 0 Å². The molecule has 298 valence electrons. The first-order valence-electron chi connectivity index (χ1n) is 19.6. The SMILES string of the molecule is C=CCO[C@H]1OC[C@@H](OCc2ccccc2)[C@H](OC2OC[C@@H](OCc3ccccc3)[C@H](OCc3ccccc3)[C@H]2OCc2ccccc2)[C@H]1OCc1ccccc1. The van der Waals surface area contributed by atoms with Gasteiger partial charge in [-0.3, -0.25) is 0 Å². The summed E-state index contributed by atoms with van der Waals surface area (Å²) in [4.78, 5) is 0. The lowest BCUT2D eigenvalue weighted by atomic mass is 10.0. The average molecular weight is 773 g/mol. The molecular formula is C48H52O9. The van der Waals surface area contributed by atoms with Crippen molar-refractivity contribution < 1.29 is 42.6 Å². The van der Waals surface area contributed by atoms with E-state index in [9.17, 15) is 0 Å². The van der Waals surface area contributed by atoms with Crippen LogP contribution in [0.15, 0.2) is 164 Å². The van der Waals surface area contributed by atoms with Gasteiger partial charge in [-0.15, -0.1) is 6.58 Å². The molecule has 2 fully saturated rings. The van der Waals surface area contributed by atoms with E-state index < -0.39 is 49.2 Å². The van der Waals surface area contributed by atoms with Crippen molar-refractivity contribution in [1.82, 2.24) is 0 Å². The summed E-state index contributed by atoms with van der Waals surface area (Å²) < 4.78 is 59.7. The van der Waals surface area contributed by atoms with Crippen LogP contribution in [-0.4, -0.2) is 69.0 Å². The first kappa shape index (κ1) is 40.7. The Morgan fingerprint density at radius 2 is 0.737 bits per heavy atom. The van der Waals surface area contributed by atoms with Gasteiger partial charge in [0.05, 0.1) is 52.9 Å². The fourth-order valence-corrected chi connectivity index (χ4v) is 6.92. The molecule has 2 aliphatic rings. The number of ether oxygens (including phenoxy) is 9. The maximum Gasteiger partial charge on any atom is 0.187 e. The molecular weight excluding hydrogens is 721 g/mol. The second-order valence-corrected chi connectivity index (χ2v) is 14.1. The molecule has 2 saturated heterocycles. The lowest BCUT2D eigenvalue weighted by Crippen LogP contribution is -2.62. The van der Waals surface area contributed by atoms with Crippen LogP contribution in [0.25, 0.3) is 0 Å². The van der Waals surface area contributed by atoms with Gasteiger partial charge in [-0.05, 0) is 27.8 Å². The number of benzene rings is 5. The summed E-state index contributed by atoms with van der Waals surface area (Å²) in [7, 11) is 0. The Balaban J connectivity index is 1.20. The fraction of sp³-hybridized carbons (Fsp3) is 0.333. The normalized spacial score (nSPS) is 24.8. The van der Waals surface area contributed by atoms with Gasteiger partial charge in [-0.1, -0.05) is 158 Å². The average Bonchev–Trinajstić information content (AvgIpc) is 3.27. The van der Waals surface area contributed by atoms with Gasteiger partial charge in [-0.25, -0.2) is 0 Å². The van der Waals surface area contributed by atoms with Crippen molar-refractivity contribution in [1.29, 1.82) is 0 Å². The highest BCUT2D eigenvalue weighted by molar-refractivity contribution is 5.17. The second kappa shape index (κ2) is 21.9. The first-order valence-corrected chi connectivity index (χ1v) is 19.6. The van der Waals surface area contributed by atoms with Crippen LogP contribution in [0, 0.1) is 0 Å². The molecule has 2 heterocycles. The van der Waals surface area contributed by atoms with Crippen LogP contribution in [0.2, 0.25) is 0 Å². The van der Waals surface area contributed by atoms with Crippen molar-refractivity contribution in [2.24, 2.45) is 0 Å². The summed E-state index contributed by atoms with van der Waals surface area (Å²) in [5.74, 6) is 0. The predicted octanol–water partition coefficient (Wildman–Crippen LogP) is 8.21. The predicted molar refractivity (Wildman–Crippen MR) is 216 cm³/mol.